The summed E-state index contributed by atoms with van der Waals surface area (Å²) in [5, 5.41) is 8.57. The molecule has 0 aliphatic rings. The molecule has 0 amide bonds. The Balaban J connectivity index is 2.42. The van der Waals surface area contributed by atoms with Crippen molar-refractivity contribution in [2.45, 2.75) is 31.3 Å². The van der Waals surface area contributed by atoms with Gasteiger partial charge in [0.2, 0.25) is 10.0 Å². The summed E-state index contributed by atoms with van der Waals surface area (Å²) in [7, 11) is -2.05. The third-order valence-corrected chi connectivity index (χ3v) is 6.47. The first-order valence-corrected chi connectivity index (χ1v) is 8.47. The summed E-state index contributed by atoms with van der Waals surface area (Å²) in [5.41, 5.74) is 6.45. The van der Waals surface area contributed by atoms with Crippen molar-refractivity contribution in [2.24, 2.45) is 5.73 Å². The molecular formula is C12H18N4O2S2. The Labute approximate surface area is 122 Å². The molecule has 0 spiro atoms. The highest BCUT2D eigenvalue weighted by Crippen LogP contribution is 2.30. The van der Waals surface area contributed by atoms with Crippen molar-refractivity contribution >= 4 is 21.4 Å². The van der Waals surface area contributed by atoms with Crippen LogP contribution in [0.25, 0.3) is 0 Å². The Hall–Kier alpha value is -1.22. The first-order valence-electron chi connectivity index (χ1n) is 6.15. The summed E-state index contributed by atoms with van der Waals surface area (Å²) in [6.45, 7) is 3.63. The maximum Gasteiger partial charge on any atom is 0.247 e. The number of rotatable bonds is 5. The molecule has 0 aliphatic heterocycles. The fraction of sp³-hybridized carbons (Fsp3) is 0.417. The zero-order valence-corrected chi connectivity index (χ0v) is 13.3. The van der Waals surface area contributed by atoms with Crippen LogP contribution < -0.4 is 5.73 Å². The zero-order chi connectivity index (χ0) is 14.9. The van der Waals surface area contributed by atoms with Crippen LogP contribution in [0.2, 0.25) is 0 Å². The molecule has 3 N–H and O–H groups in total. The molecule has 20 heavy (non-hydrogen) atoms. The van der Waals surface area contributed by atoms with Gasteiger partial charge in [-0.05, 0) is 25.3 Å². The molecule has 0 radical (unpaired) electrons. The molecule has 6 nitrogen and oxygen atoms in total. The minimum atomic E-state index is -3.63. The Kier molecular flexibility index (Phi) is 4.28. The quantitative estimate of drug-likeness (QED) is 0.877. The summed E-state index contributed by atoms with van der Waals surface area (Å²) >= 11 is 1.53. The number of aryl methyl sites for hydroxylation is 1. The highest BCUT2D eigenvalue weighted by molar-refractivity contribution is 7.89. The molecule has 1 unspecified atom stereocenters. The Morgan fingerprint density at radius 1 is 1.55 bits per heavy atom. The molecular weight excluding hydrogens is 296 g/mol. The number of nitrogens with zero attached hydrogens (tertiary/aromatic N) is 2. The molecule has 1 atom stereocenters. The maximum absolute atomic E-state index is 12.7. The largest absolute Gasteiger partial charge is 0.325 e. The van der Waals surface area contributed by atoms with E-state index in [2.05, 4.69) is 10.2 Å². The summed E-state index contributed by atoms with van der Waals surface area (Å²) < 4.78 is 26.8. The van der Waals surface area contributed by atoms with Crippen LogP contribution in [0.3, 0.4) is 0 Å². The smallest absolute Gasteiger partial charge is 0.247 e. The molecule has 0 fully saturated rings. The zero-order valence-electron chi connectivity index (χ0n) is 11.6. The van der Waals surface area contributed by atoms with E-state index in [1.165, 1.54) is 15.6 Å². The van der Waals surface area contributed by atoms with Crippen LogP contribution in [0, 0.1) is 6.92 Å². The van der Waals surface area contributed by atoms with Crippen molar-refractivity contribution in [3.8, 4) is 0 Å². The van der Waals surface area contributed by atoms with Crippen molar-refractivity contribution in [3.63, 3.8) is 0 Å². The highest BCUT2D eigenvalue weighted by Gasteiger charge is 2.31. The molecule has 2 rings (SSSR count). The number of nitrogens with two attached hydrogens (primary N) is 1. The van der Waals surface area contributed by atoms with E-state index < -0.39 is 10.0 Å². The lowest BCUT2D eigenvalue weighted by molar-refractivity contribution is 0.402. The molecule has 110 valence electrons. The second-order valence-corrected chi connectivity index (χ2v) is 7.45. The van der Waals surface area contributed by atoms with Gasteiger partial charge >= 0.3 is 0 Å². The minimum absolute atomic E-state index is 0.0835. The van der Waals surface area contributed by atoms with Crippen LogP contribution >= 0.6 is 11.3 Å². The third kappa shape index (κ3) is 2.51. The van der Waals surface area contributed by atoms with E-state index >= 15 is 0 Å². The molecule has 2 aromatic rings. The van der Waals surface area contributed by atoms with Crippen LogP contribution in [0.1, 0.15) is 29.2 Å². The number of thiophene rings is 1. The number of aromatic amines is 1. The monoisotopic (exact) mass is 314 g/mol. The molecule has 0 saturated carbocycles. The lowest BCUT2D eigenvalue weighted by atomic mass is 10.3. The molecule has 2 heterocycles. The van der Waals surface area contributed by atoms with Crippen molar-refractivity contribution in [1.82, 2.24) is 14.5 Å². The number of H-pyrrole nitrogens is 1. The van der Waals surface area contributed by atoms with Gasteiger partial charge < -0.3 is 5.73 Å². The molecule has 8 heteroatoms. The number of aromatic nitrogens is 2. The first-order chi connectivity index (χ1) is 9.39. The Morgan fingerprint density at radius 2 is 2.25 bits per heavy atom. The summed E-state index contributed by atoms with van der Waals surface area (Å²) in [6, 6.07) is 3.60. The van der Waals surface area contributed by atoms with Crippen LogP contribution in [0.4, 0.5) is 0 Å². The van der Waals surface area contributed by atoms with Gasteiger partial charge in [0.05, 0.1) is 17.4 Å². The first kappa shape index (κ1) is 15.2. The molecule has 0 bridgehead atoms. The van der Waals surface area contributed by atoms with Crippen molar-refractivity contribution in [1.29, 1.82) is 0 Å². The second kappa shape index (κ2) is 5.65. The lowest BCUT2D eigenvalue weighted by Gasteiger charge is -2.23. The van der Waals surface area contributed by atoms with Gasteiger partial charge in [-0.2, -0.15) is 9.40 Å². The highest BCUT2D eigenvalue weighted by atomic mass is 32.2. The van der Waals surface area contributed by atoms with E-state index in [9.17, 15) is 8.42 Å². The van der Waals surface area contributed by atoms with Crippen molar-refractivity contribution in [2.75, 3.05) is 7.05 Å². The molecule has 0 saturated heterocycles. The van der Waals surface area contributed by atoms with Gasteiger partial charge in [-0.25, -0.2) is 8.42 Å². The fourth-order valence-electron chi connectivity index (χ4n) is 2.01. The van der Waals surface area contributed by atoms with Gasteiger partial charge in [-0.1, -0.05) is 6.07 Å². The average Bonchev–Trinajstić information content (AvgIpc) is 3.05. The van der Waals surface area contributed by atoms with Crippen LogP contribution in [0.5, 0.6) is 0 Å². The van der Waals surface area contributed by atoms with Crippen molar-refractivity contribution in [3.05, 3.63) is 33.8 Å². The van der Waals surface area contributed by atoms with Gasteiger partial charge in [0.15, 0.2) is 0 Å². The van der Waals surface area contributed by atoms with E-state index in [0.717, 1.165) is 4.88 Å². The lowest BCUT2D eigenvalue weighted by Crippen LogP contribution is -2.30. The number of hydrogen-bond acceptors (Lipinski definition) is 5. The predicted molar refractivity (Wildman–Crippen MR) is 78.9 cm³/mol. The van der Waals surface area contributed by atoms with Gasteiger partial charge in [0.1, 0.15) is 4.90 Å². The SMILES string of the molecule is Cc1[nH]nc(CN)c1S(=O)(=O)N(C)C(C)c1cccs1. The summed E-state index contributed by atoms with van der Waals surface area (Å²) in [4.78, 5) is 1.18. The Bertz CT molecular complexity index is 676. The molecule has 0 aromatic carbocycles. The van der Waals surface area contributed by atoms with Gasteiger partial charge in [-0.3, -0.25) is 5.10 Å². The standard InChI is InChI=1S/C12H18N4O2S2/c1-8-12(10(7-13)15-14-8)20(17,18)16(3)9(2)11-5-4-6-19-11/h4-6,9H,7,13H2,1-3H3,(H,14,15). The van der Waals surface area contributed by atoms with Crippen LogP contribution in [0.15, 0.2) is 22.4 Å². The van der Waals surface area contributed by atoms with Gasteiger partial charge in [-0.15, -0.1) is 11.3 Å². The Morgan fingerprint density at radius 3 is 2.80 bits per heavy atom. The normalized spacial score (nSPS) is 13.8. The predicted octanol–water partition coefficient (Wildman–Crippen LogP) is 1.62. The number of nitrogens with one attached hydrogen (secondary N) is 1. The summed E-state index contributed by atoms with van der Waals surface area (Å²) in [5.74, 6) is 0. The van der Waals surface area contributed by atoms with Crippen LogP contribution in [-0.2, 0) is 16.6 Å². The average molecular weight is 314 g/mol. The van der Waals surface area contributed by atoms with E-state index in [0.29, 0.717) is 11.4 Å². The van der Waals surface area contributed by atoms with Gasteiger partial charge in [0, 0.05) is 18.5 Å². The maximum atomic E-state index is 12.7. The second-order valence-electron chi connectivity index (χ2n) is 4.54. The molecule has 0 aliphatic carbocycles. The van der Waals surface area contributed by atoms with Crippen LogP contribution in [-0.4, -0.2) is 30.0 Å². The van der Waals surface area contributed by atoms with Crippen molar-refractivity contribution < 1.29 is 8.42 Å². The number of sulfonamides is 1. The fourth-order valence-corrected chi connectivity index (χ4v) is 4.58. The molecule has 2 aromatic heterocycles. The van der Waals surface area contributed by atoms with Gasteiger partial charge in [0.25, 0.3) is 0 Å². The van der Waals surface area contributed by atoms with E-state index in [1.807, 2.05) is 24.4 Å². The topological polar surface area (TPSA) is 92.1 Å². The van der Waals surface area contributed by atoms with E-state index in [1.54, 1.807) is 14.0 Å². The third-order valence-electron chi connectivity index (χ3n) is 3.29. The number of hydrogen-bond donors (Lipinski definition) is 2. The minimum Gasteiger partial charge on any atom is -0.325 e. The summed E-state index contributed by atoms with van der Waals surface area (Å²) in [6.07, 6.45) is 0. The van der Waals surface area contributed by atoms with E-state index in [-0.39, 0.29) is 17.5 Å². The van der Waals surface area contributed by atoms with E-state index in [4.69, 9.17) is 5.73 Å².